The molecule has 1 atom stereocenters. The maximum absolute atomic E-state index is 10.9. The topological polar surface area (TPSA) is 75.1 Å². The van der Waals surface area contributed by atoms with Crippen molar-refractivity contribution in [2.75, 3.05) is 5.32 Å². The Bertz CT molecular complexity index is 563. The maximum atomic E-state index is 10.9. The lowest BCUT2D eigenvalue weighted by Gasteiger charge is -2.11. The van der Waals surface area contributed by atoms with Gasteiger partial charge in [0.2, 0.25) is 0 Å². The molecule has 98 valence electrons. The second-order valence-corrected chi connectivity index (χ2v) is 5.12. The molecule has 0 saturated heterocycles. The fraction of sp³-hybridized carbons (Fsp3) is 0.154. The van der Waals surface area contributed by atoms with Gasteiger partial charge in [0.15, 0.2) is 0 Å². The van der Waals surface area contributed by atoms with Gasteiger partial charge in [-0.2, -0.15) is 0 Å². The van der Waals surface area contributed by atoms with E-state index in [0.29, 0.717) is 10.8 Å². The summed E-state index contributed by atoms with van der Waals surface area (Å²) < 4.78 is 0. The quantitative estimate of drug-likeness (QED) is 0.817. The molecule has 0 saturated carbocycles. The molecule has 2 heterocycles. The van der Waals surface area contributed by atoms with Crippen LogP contribution in [0.1, 0.15) is 6.92 Å². The first-order chi connectivity index (χ1) is 9.16. The lowest BCUT2D eigenvalue weighted by molar-refractivity contribution is -0.136. The lowest BCUT2D eigenvalue weighted by atomic mass is 10.4. The fourth-order valence-electron chi connectivity index (χ4n) is 1.37. The van der Waals surface area contributed by atoms with Crippen LogP contribution in [0.5, 0.6) is 0 Å². The van der Waals surface area contributed by atoms with Gasteiger partial charge in [-0.15, -0.1) is 0 Å². The Morgan fingerprint density at radius 3 is 2.74 bits per heavy atom. The molecule has 0 aromatic carbocycles. The van der Waals surface area contributed by atoms with Crippen molar-refractivity contribution in [1.82, 2.24) is 9.97 Å². The number of hydrogen-bond donors (Lipinski definition) is 2. The third-order valence-electron chi connectivity index (χ3n) is 2.33. The average molecular weight is 275 g/mol. The number of anilines is 2. The molecule has 0 aliphatic heterocycles. The summed E-state index contributed by atoms with van der Waals surface area (Å²) in [5.41, 5.74) is 0.749. The van der Waals surface area contributed by atoms with Crippen LogP contribution in [0.3, 0.4) is 0 Å². The first kappa shape index (κ1) is 13.4. The third-order valence-corrected chi connectivity index (χ3v) is 3.44. The highest BCUT2D eigenvalue weighted by Crippen LogP contribution is 2.29. The molecule has 1 unspecified atom stereocenters. The fourth-order valence-corrected chi connectivity index (χ4v) is 2.18. The zero-order chi connectivity index (χ0) is 13.7. The molecule has 0 amide bonds. The van der Waals surface area contributed by atoms with Crippen molar-refractivity contribution in [3.63, 3.8) is 0 Å². The summed E-state index contributed by atoms with van der Waals surface area (Å²) in [6.45, 7) is 1.63. The minimum Gasteiger partial charge on any atom is -0.480 e. The van der Waals surface area contributed by atoms with Crippen molar-refractivity contribution in [3.8, 4) is 0 Å². The first-order valence-corrected chi connectivity index (χ1v) is 6.57. The monoisotopic (exact) mass is 275 g/mol. The van der Waals surface area contributed by atoms with Crippen molar-refractivity contribution in [3.05, 3.63) is 42.7 Å². The molecule has 0 aliphatic rings. The van der Waals surface area contributed by atoms with Crippen LogP contribution in [0, 0.1) is 0 Å². The van der Waals surface area contributed by atoms with Crippen LogP contribution >= 0.6 is 11.8 Å². The molecule has 2 aromatic rings. The SMILES string of the molecule is CC(Sc1ncccc1Nc1ccccn1)C(=O)O. The Morgan fingerprint density at radius 1 is 1.26 bits per heavy atom. The zero-order valence-corrected chi connectivity index (χ0v) is 11.1. The smallest absolute Gasteiger partial charge is 0.316 e. The lowest BCUT2D eigenvalue weighted by Crippen LogP contribution is -2.12. The van der Waals surface area contributed by atoms with Crippen LogP contribution in [-0.2, 0) is 4.79 Å². The van der Waals surface area contributed by atoms with Gasteiger partial charge in [0.1, 0.15) is 16.1 Å². The number of aromatic nitrogens is 2. The predicted octanol–water partition coefficient (Wildman–Crippen LogP) is 2.79. The number of aliphatic carboxylic acids is 1. The van der Waals surface area contributed by atoms with Gasteiger partial charge in [0.05, 0.1) is 5.69 Å². The van der Waals surface area contributed by atoms with Crippen LogP contribution in [0.25, 0.3) is 0 Å². The number of hydrogen-bond acceptors (Lipinski definition) is 5. The van der Waals surface area contributed by atoms with Gasteiger partial charge >= 0.3 is 5.97 Å². The number of nitrogens with zero attached hydrogens (tertiary/aromatic N) is 2. The van der Waals surface area contributed by atoms with Crippen molar-refractivity contribution in [2.24, 2.45) is 0 Å². The predicted molar refractivity (Wildman–Crippen MR) is 74.7 cm³/mol. The molecule has 0 bridgehead atoms. The Hall–Kier alpha value is -2.08. The molecule has 0 aliphatic carbocycles. The van der Waals surface area contributed by atoms with Crippen LogP contribution in [0.2, 0.25) is 0 Å². The largest absolute Gasteiger partial charge is 0.480 e. The van der Waals surface area contributed by atoms with Crippen LogP contribution in [0.15, 0.2) is 47.8 Å². The number of carboxylic acids is 1. The second kappa shape index (κ2) is 6.19. The number of carbonyl (C=O) groups is 1. The molecule has 0 spiro atoms. The number of rotatable bonds is 5. The third kappa shape index (κ3) is 3.69. The van der Waals surface area contributed by atoms with E-state index in [1.807, 2.05) is 24.3 Å². The van der Waals surface area contributed by atoms with Gasteiger partial charge in [0, 0.05) is 12.4 Å². The molecule has 0 fully saturated rings. The summed E-state index contributed by atoms with van der Waals surface area (Å²) in [6, 6.07) is 9.18. The molecule has 2 N–H and O–H groups in total. The van der Waals surface area contributed by atoms with E-state index in [1.165, 1.54) is 11.8 Å². The molecule has 2 aromatic heterocycles. The summed E-state index contributed by atoms with van der Waals surface area (Å²) >= 11 is 1.20. The number of carboxylic acid groups (broad SMARTS) is 1. The molecule has 5 nitrogen and oxygen atoms in total. The highest BCUT2D eigenvalue weighted by molar-refractivity contribution is 8.00. The first-order valence-electron chi connectivity index (χ1n) is 5.69. The van der Waals surface area contributed by atoms with E-state index in [0.717, 1.165) is 5.69 Å². The summed E-state index contributed by atoms with van der Waals surface area (Å²) in [7, 11) is 0. The van der Waals surface area contributed by atoms with Crippen molar-refractivity contribution >= 4 is 29.2 Å². The van der Waals surface area contributed by atoms with Crippen LogP contribution in [0.4, 0.5) is 11.5 Å². The Kier molecular flexibility index (Phi) is 4.35. The van der Waals surface area contributed by atoms with Gasteiger partial charge in [0.25, 0.3) is 0 Å². The molecular formula is C13H13N3O2S. The van der Waals surface area contributed by atoms with E-state index >= 15 is 0 Å². The van der Waals surface area contributed by atoms with E-state index < -0.39 is 11.2 Å². The summed E-state index contributed by atoms with van der Waals surface area (Å²) in [4.78, 5) is 19.3. The highest BCUT2D eigenvalue weighted by Gasteiger charge is 2.15. The van der Waals surface area contributed by atoms with Crippen molar-refractivity contribution in [2.45, 2.75) is 17.2 Å². The summed E-state index contributed by atoms with van der Waals surface area (Å²) in [5, 5.41) is 12.2. The minimum atomic E-state index is -0.862. The van der Waals surface area contributed by atoms with Gasteiger partial charge < -0.3 is 10.4 Å². The van der Waals surface area contributed by atoms with Crippen LogP contribution < -0.4 is 5.32 Å². The summed E-state index contributed by atoms with van der Waals surface area (Å²) in [6.07, 6.45) is 3.33. The van der Waals surface area contributed by atoms with Gasteiger partial charge in [-0.3, -0.25) is 4.79 Å². The maximum Gasteiger partial charge on any atom is 0.316 e. The second-order valence-electron chi connectivity index (χ2n) is 3.79. The van der Waals surface area contributed by atoms with Gasteiger partial charge in [-0.25, -0.2) is 9.97 Å². The normalized spacial score (nSPS) is 11.8. The van der Waals surface area contributed by atoms with Gasteiger partial charge in [-0.1, -0.05) is 17.8 Å². The Balaban J connectivity index is 2.19. The molecule has 6 heteroatoms. The Morgan fingerprint density at radius 2 is 2.05 bits per heavy atom. The number of pyridine rings is 2. The van der Waals surface area contributed by atoms with Gasteiger partial charge in [-0.05, 0) is 31.2 Å². The van der Waals surface area contributed by atoms with Crippen LogP contribution in [-0.4, -0.2) is 26.3 Å². The minimum absolute atomic E-state index is 0.556. The Labute approximate surface area is 115 Å². The molecule has 2 rings (SSSR count). The summed E-state index contributed by atoms with van der Waals surface area (Å²) in [5.74, 6) is -0.167. The van der Waals surface area contributed by atoms with E-state index in [4.69, 9.17) is 5.11 Å². The molecule has 19 heavy (non-hydrogen) atoms. The van der Waals surface area contributed by atoms with E-state index in [2.05, 4.69) is 15.3 Å². The van der Waals surface area contributed by atoms with Crippen molar-refractivity contribution in [1.29, 1.82) is 0 Å². The highest BCUT2D eigenvalue weighted by atomic mass is 32.2. The van der Waals surface area contributed by atoms with Crippen molar-refractivity contribution < 1.29 is 9.90 Å². The molecule has 0 radical (unpaired) electrons. The van der Waals surface area contributed by atoms with E-state index in [1.54, 1.807) is 25.4 Å². The number of thioether (sulfide) groups is 1. The molecular weight excluding hydrogens is 262 g/mol. The van der Waals surface area contributed by atoms with E-state index in [9.17, 15) is 4.79 Å². The average Bonchev–Trinajstić information content (AvgIpc) is 2.42. The number of nitrogens with one attached hydrogen (secondary N) is 1. The zero-order valence-electron chi connectivity index (χ0n) is 10.3. The van der Waals surface area contributed by atoms with E-state index in [-0.39, 0.29) is 0 Å². The standard InChI is InChI=1S/C13H13N3O2S/c1-9(13(17)18)19-12-10(5-4-8-15-12)16-11-6-2-3-7-14-11/h2-9H,1H3,(H,14,16)(H,17,18).